The molecule has 1 aliphatic rings. The summed E-state index contributed by atoms with van der Waals surface area (Å²) in [6, 6.07) is 7.47. The average Bonchev–Trinajstić information content (AvgIpc) is 3.20. The van der Waals surface area contributed by atoms with Crippen molar-refractivity contribution >= 4 is 16.9 Å². The molecule has 2 heterocycles. The van der Waals surface area contributed by atoms with E-state index >= 15 is 0 Å². The van der Waals surface area contributed by atoms with Gasteiger partial charge in [0.15, 0.2) is 6.10 Å². The second-order valence-electron chi connectivity index (χ2n) is 7.10. The number of carbonyl (C=O) groups excluding carboxylic acids is 1. The molecule has 0 radical (unpaired) electrons. The Morgan fingerprint density at radius 2 is 1.96 bits per heavy atom. The normalized spacial score (nSPS) is 13.9. The van der Waals surface area contributed by atoms with E-state index in [0.717, 1.165) is 46.9 Å². The van der Waals surface area contributed by atoms with Crippen molar-refractivity contribution in [1.29, 1.82) is 0 Å². The van der Waals surface area contributed by atoms with Gasteiger partial charge in [0.1, 0.15) is 11.3 Å². The topological polar surface area (TPSA) is 81.4 Å². The summed E-state index contributed by atoms with van der Waals surface area (Å²) in [5, 5.41) is 3.82. The largest absolute Gasteiger partial charge is 0.480 e. The molecule has 1 aliphatic carbocycles. The van der Waals surface area contributed by atoms with E-state index in [1.165, 1.54) is 0 Å². The minimum Gasteiger partial charge on any atom is -0.480 e. The van der Waals surface area contributed by atoms with Crippen molar-refractivity contribution in [2.75, 3.05) is 0 Å². The zero-order valence-electron chi connectivity index (χ0n) is 16.0. The molecule has 0 saturated carbocycles. The Bertz CT molecular complexity index is 1090. The van der Waals surface area contributed by atoms with Crippen LogP contribution in [0, 0.1) is 6.92 Å². The molecule has 0 saturated heterocycles. The molecule has 1 amide bonds. The van der Waals surface area contributed by atoms with Crippen molar-refractivity contribution in [3.63, 3.8) is 0 Å². The second-order valence-corrected chi connectivity index (χ2v) is 7.10. The third kappa shape index (κ3) is 3.38. The van der Waals surface area contributed by atoms with E-state index in [1.807, 2.05) is 31.2 Å². The molecule has 0 fully saturated rings. The smallest absolute Gasteiger partial charge is 0.339 e. The molecule has 0 aliphatic heterocycles. The zero-order valence-corrected chi connectivity index (χ0v) is 16.0. The minimum absolute atomic E-state index is 0.216. The lowest BCUT2D eigenvalue weighted by molar-refractivity contribution is -0.127. The lowest BCUT2D eigenvalue weighted by Crippen LogP contribution is -2.36. The first kappa shape index (κ1) is 18.2. The van der Waals surface area contributed by atoms with Gasteiger partial charge in [-0.15, -0.1) is 0 Å². The maximum atomic E-state index is 12.4. The minimum atomic E-state index is -0.681. The number of carbonyl (C=O) groups is 1. The van der Waals surface area contributed by atoms with Crippen LogP contribution in [0.2, 0.25) is 0 Å². The number of amides is 1. The van der Waals surface area contributed by atoms with Crippen LogP contribution in [0.25, 0.3) is 11.0 Å². The summed E-state index contributed by atoms with van der Waals surface area (Å²) in [6.45, 7) is 3.96. The highest BCUT2D eigenvalue weighted by Gasteiger charge is 2.22. The molecule has 6 heteroatoms. The van der Waals surface area contributed by atoms with E-state index in [2.05, 4.69) is 10.3 Å². The first-order chi connectivity index (χ1) is 13.5. The third-order valence-corrected chi connectivity index (χ3v) is 5.23. The van der Waals surface area contributed by atoms with Crippen LogP contribution in [0.5, 0.6) is 5.75 Å². The van der Waals surface area contributed by atoms with E-state index in [-0.39, 0.29) is 11.5 Å². The van der Waals surface area contributed by atoms with Crippen LogP contribution in [0.1, 0.15) is 35.6 Å². The summed E-state index contributed by atoms with van der Waals surface area (Å²) in [6.07, 6.45) is 5.34. The van der Waals surface area contributed by atoms with Crippen LogP contribution in [0.4, 0.5) is 0 Å². The van der Waals surface area contributed by atoms with Crippen molar-refractivity contribution in [1.82, 2.24) is 10.3 Å². The standard InChI is InChI=1S/C22H22N2O4/c1-13-19(27-14(2)21(25)24-12-15-8-10-23-11-9-15)7-6-17-16-4-3-5-18(16)22(26)28-20(13)17/h6-11,14H,3-5,12H2,1-2H3,(H,24,25)/t14-/m0/s1. The highest BCUT2D eigenvalue weighted by Crippen LogP contribution is 2.33. The fourth-order valence-corrected chi connectivity index (χ4v) is 3.67. The molecule has 1 aromatic carbocycles. The number of rotatable bonds is 5. The summed E-state index contributed by atoms with van der Waals surface area (Å²) in [5.41, 5.74) is 3.87. The number of hydrogen-bond acceptors (Lipinski definition) is 5. The fourth-order valence-electron chi connectivity index (χ4n) is 3.67. The molecule has 0 unspecified atom stereocenters. The van der Waals surface area contributed by atoms with Gasteiger partial charge >= 0.3 is 5.63 Å². The summed E-state index contributed by atoms with van der Waals surface area (Å²) in [5.74, 6) is 0.326. The summed E-state index contributed by atoms with van der Waals surface area (Å²) >= 11 is 0. The quantitative estimate of drug-likeness (QED) is 0.690. The van der Waals surface area contributed by atoms with Crippen LogP contribution in [0.3, 0.4) is 0 Å². The molecular weight excluding hydrogens is 356 g/mol. The molecule has 3 aromatic rings. The Morgan fingerprint density at radius 1 is 1.21 bits per heavy atom. The summed E-state index contributed by atoms with van der Waals surface area (Å²) in [7, 11) is 0. The first-order valence-electron chi connectivity index (χ1n) is 9.46. The maximum Gasteiger partial charge on any atom is 0.339 e. The van der Waals surface area contributed by atoms with Gasteiger partial charge in [-0.3, -0.25) is 9.78 Å². The van der Waals surface area contributed by atoms with Gasteiger partial charge in [-0.05, 0) is 68.5 Å². The highest BCUT2D eigenvalue weighted by molar-refractivity contribution is 5.86. The van der Waals surface area contributed by atoms with Crippen molar-refractivity contribution < 1.29 is 13.9 Å². The fraction of sp³-hybridized carbons (Fsp3) is 0.318. The monoisotopic (exact) mass is 378 g/mol. The maximum absolute atomic E-state index is 12.4. The van der Waals surface area contributed by atoms with E-state index in [0.29, 0.717) is 17.9 Å². The Hall–Kier alpha value is -3.15. The van der Waals surface area contributed by atoms with Crippen molar-refractivity contribution in [3.8, 4) is 5.75 Å². The van der Waals surface area contributed by atoms with Crippen LogP contribution < -0.4 is 15.7 Å². The van der Waals surface area contributed by atoms with Crippen molar-refractivity contribution in [2.24, 2.45) is 0 Å². The van der Waals surface area contributed by atoms with Crippen LogP contribution >= 0.6 is 0 Å². The van der Waals surface area contributed by atoms with Crippen LogP contribution in [-0.2, 0) is 24.2 Å². The molecule has 28 heavy (non-hydrogen) atoms. The number of hydrogen-bond donors (Lipinski definition) is 1. The Morgan fingerprint density at radius 3 is 2.75 bits per heavy atom. The zero-order chi connectivity index (χ0) is 19.7. The Kier molecular flexibility index (Phi) is 4.86. The molecular formula is C22H22N2O4. The van der Waals surface area contributed by atoms with Gasteiger partial charge < -0.3 is 14.5 Å². The molecule has 0 spiro atoms. The second kappa shape index (κ2) is 7.46. The first-order valence-corrected chi connectivity index (χ1v) is 9.46. The Balaban J connectivity index is 1.53. The van der Waals surface area contributed by atoms with E-state index in [1.54, 1.807) is 19.3 Å². The van der Waals surface area contributed by atoms with Gasteiger partial charge in [-0.2, -0.15) is 0 Å². The number of aryl methyl sites for hydroxylation is 2. The number of nitrogens with one attached hydrogen (secondary N) is 1. The van der Waals surface area contributed by atoms with Gasteiger partial charge in [0.05, 0.1) is 0 Å². The van der Waals surface area contributed by atoms with Gasteiger partial charge in [-0.1, -0.05) is 0 Å². The van der Waals surface area contributed by atoms with Gasteiger partial charge in [0.2, 0.25) is 0 Å². The number of aromatic nitrogens is 1. The average molecular weight is 378 g/mol. The lowest BCUT2D eigenvalue weighted by atomic mass is 10.0. The molecule has 1 N–H and O–H groups in total. The van der Waals surface area contributed by atoms with Gasteiger partial charge in [0, 0.05) is 35.5 Å². The van der Waals surface area contributed by atoms with E-state index < -0.39 is 6.10 Å². The molecule has 144 valence electrons. The predicted molar refractivity (Wildman–Crippen MR) is 105 cm³/mol. The van der Waals surface area contributed by atoms with Crippen LogP contribution in [0.15, 0.2) is 45.9 Å². The third-order valence-electron chi connectivity index (χ3n) is 5.23. The number of pyridine rings is 1. The van der Waals surface area contributed by atoms with Gasteiger partial charge in [0.25, 0.3) is 5.91 Å². The summed E-state index contributed by atoms with van der Waals surface area (Å²) < 4.78 is 11.5. The highest BCUT2D eigenvalue weighted by atomic mass is 16.5. The molecule has 1 atom stereocenters. The van der Waals surface area contributed by atoms with Crippen molar-refractivity contribution in [3.05, 3.63) is 69.3 Å². The van der Waals surface area contributed by atoms with Crippen LogP contribution in [-0.4, -0.2) is 17.0 Å². The van der Waals surface area contributed by atoms with E-state index in [4.69, 9.17) is 9.15 Å². The SMILES string of the molecule is Cc1c(O[C@@H](C)C(=O)NCc2ccncc2)ccc2c3c(c(=O)oc12)CCC3. The number of nitrogens with zero attached hydrogens (tertiary/aromatic N) is 1. The lowest BCUT2D eigenvalue weighted by Gasteiger charge is -2.17. The molecule has 6 nitrogen and oxygen atoms in total. The van der Waals surface area contributed by atoms with Gasteiger partial charge in [-0.25, -0.2) is 4.79 Å². The number of benzene rings is 1. The number of ether oxygens (including phenoxy) is 1. The molecule has 4 rings (SSSR count). The number of fused-ring (bicyclic) bond motifs is 3. The Labute approximate surface area is 162 Å². The summed E-state index contributed by atoms with van der Waals surface area (Å²) in [4.78, 5) is 28.6. The van der Waals surface area contributed by atoms with Crippen molar-refractivity contribution in [2.45, 2.75) is 45.8 Å². The predicted octanol–water partition coefficient (Wildman–Crippen LogP) is 3.07. The molecule has 2 aromatic heterocycles. The molecule has 0 bridgehead atoms. The van der Waals surface area contributed by atoms with E-state index in [9.17, 15) is 9.59 Å².